The summed E-state index contributed by atoms with van der Waals surface area (Å²) in [5, 5.41) is 11.7. The molecule has 2 heterocycles. The molecule has 1 aliphatic heterocycles. The number of carbonyl (C=O) groups is 2. The van der Waals surface area contributed by atoms with Crippen LogP contribution in [-0.2, 0) is 4.79 Å². The zero-order valence-corrected chi connectivity index (χ0v) is 13.4. The number of aliphatic hydroxyl groups is 1. The Labute approximate surface area is 136 Å². The molecule has 2 amide bonds. The van der Waals surface area contributed by atoms with Gasteiger partial charge in [-0.3, -0.25) is 14.6 Å². The number of pyridine rings is 1. The molecule has 1 unspecified atom stereocenters. The standard InChI is InChI=1S/C17H25N3O3/c21-13-7-3-9-15(17(23)20-11-5-1-6-12-20)19-16(22)14-8-2-4-10-18-14/h2,4,8,10,15,21H,1,3,5-7,9,11-13H2,(H,19,22). The van der Waals surface area contributed by atoms with Crippen molar-refractivity contribution in [2.45, 2.75) is 44.6 Å². The van der Waals surface area contributed by atoms with Crippen LogP contribution in [0.3, 0.4) is 0 Å². The van der Waals surface area contributed by atoms with Crippen LogP contribution in [0.1, 0.15) is 49.0 Å². The van der Waals surface area contributed by atoms with Crippen LogP contribution in [0.5, 0.6) is 0 Å². The van der Waals surface area contributed by atoms with E-state index >= 15 is 0 Å². The van der Waals surface area contributed by atoms with Gasteiger partial charge in [0, 0.05) is 25.9 Å². The first-order valence-corrected chi connectivity index (χ1v) is 8.34. The van der Waals surface area contributed by atoms with Crippen LogP contribution in [0.25, 0.3) is 0 Å². The van der Waals surface area contributed by atoms with E-state index in [4.69, 9.17) is 5.11 Å². The normalized spacial score (nSPS) is 16.0. The average Bonchev–Trinajstić information content (AvgIpc) is 2.62. The molecule has 0 saturated carbocycles. The van der Waals surface area contributed by atoms with Crippen LogP contribution in [0.15, 0.2) is 24.4 Å². The molecule has 0 spiro atoms. The SMILES string of the molecule is O=C(NC(CCCCO)C(=O)N1CCCCC1)c1ccccn1. The number of amides is 2. The number of aromatic nitrogens is 1. The lowest BCUT2D eigenvalue weighted by Crippen LogP contribution is -2.50. The maximum Gasteiger partial charge on any atom is 0.270 e. The number of carbonyl (C=O) groups excluding carboxylic acids is 2. The molecule has 1 saturated heterocycles. The Balaban J connectivity index is 2.00. The second-order valence-corrected chi connectivity index (χ2v) is 5.85. The van der Waals surface area contributed by atoms with Crippen molar-refractivity contribution < 1.29 is 14.7 Å². The van der Waals surface area contributed by atoms with Gasteiger partial charge in [0.25, 0.3) is 5.91 Å². The predicted molar refractivity (Wildman–Crippen MR) is 86.9 cm³/mol. The Hall–Kier alpha value is -1.95. The Kier molecular flexibility index (Phi) is 7.00. The summed E-state index contributed by atoms with van der Waals surface area (Å²) in [6, 6.07) is 4.57. The van der Waals surface area contributed by atoms with E-state index in [-0.39, 0.29) is 18.4 Å². The molecule has 0 aliphatic carbocycles. The fraction of sp³-hybridized carbons (Fsp3) is 0.588. The number of aliphatic hydroxyl groups excluding tert-OH is 1. The van der Waals surface area contributed by atoms with Crippen molar-refractivity contribution in [3.63, 3.8) is 0 Å². The van der Waals surface area contributed by atoms with Gasteiger partial charge in [-0.05, 0) is 50.7 Å². The van der Waals surface area contributed by atoms with E-state index in [9.17, 15) is 9.59 Å². The lowest BCUT2D eigenvalue weighted by atomic mass is 10.1. The highest BCUT2D eigenvalue weighted by atomic mass is 16.3. The van der Waals surface area contributed by atoms with Crippen molar-refractivity contribution in [3.05, 3.63) is 30.1 Å². The monoisotopic (exact) mass is 319 g/mol. The predicted octanol–water partition coefficient (Wildman–Crippen LogP) is 1.36. The third-order valence-electron chi connectivity index (χ3n) is 4.07. The Morgan fingerprint density at radius 1 is 1.22 bits per heavy atom. The van der Waals surface area contributed by atoms with E-state index in [0.29, 0.717) is 25.0 Å². The highest BCUT2D eigenvalue weighted by Crippen LogP contribution is 2.13. The van der Waals surface area contributed by atoms with E-state index < -0.39 is 6.04 Å². The molecule has 1 aromatic heterocycles. The molecule has 1 aliphatic rings. The second-order valence-electron chi connectivity index (χ2n) is 5.85. The van der Waals surface area contributed by atoms with E-state index in [0.717, 1.165) is 32.4 Å². The number of nitrogens with one attached hydrogen (secondary N) is 1. The largest absolute Gasteiger partial charge is 0.396 e. The minimum atomic E-state index is -0.547. The first-order chi connectivity index (χ1) is 11.2. The number of unbranched alkanes of at least 4 members (excludes halogenated alkanes) is 1. The molecule has 0 bridgehead atoms. The summed E-state index contributed by atoms with van der Waals surface area (Å²) in [7, 11) is 0. The Morgan fingerprint density at radius 2 is 2.00 bits per heavy atom. The van der Waals surface area contributed by atoms with Crippen LogP contribution in [0, 0.1) is 0 Å². The van der Waals surface area contributed by atoms with Gasteiger partial charge in [0.2, 0.25) is 5.91 Å². The molecule has 6 heteroatoms. The van der Waals surface area contributed by atoms with Crippen LogP contribution in [-0.4, -0.2) is 52.5 Å². The highest BCUT2D eigenvalue weighted by molar-refractivity contribution is 5.96. The summed E-state index contributed by atoms with van der Waals surface area (Å²) in [5.74, 6) is -0.350. The van der Waals surface area contributed by atoms with Gasteiger partial charge in [0.05, 0.1) is 0 Å². The van der Waals surface area contributed by atoms with E-state index in [1.807, 2.05) is 4.90 Å². The molecule has 1 fully saturated rings. The van der Waals surface area contributed by atoms with Gasteiger partial charge >= 0.3 is 0 Å². The summed E-state index contributed by atoms with van der Waals surface area (Å²) in [4.78, 5) is 30.8. The number of nitrogens with zero attached hydrogens (tertiary/aromatic N) is 2. The first kappa shape index (κ1) is 17.4. The number of hydrogen-bond donors (Lipinski definition) is 2. The van der Waals surface area contributed by atoms with E-state index in [1.54, 1.807) is 24.4 Å². The number of piperidine rings is 1. The lowest BCUT2D eigenvalue weighted by molar-refractivity contribution is -0.134. The highest BCUT2D eigenvalue weighted by Gasteiger charge is 2.27. The van der Waals surface area contributed by atoms with Gasteiger partial charge in [-0.1, -0.05) is 6.07 Å². The molecule has 2 rings (SSSR count). The molecule has 1 aromatic rings. The molecular weight excluding hydrogens is 294 g/mol. The number of rotatable bonds is 7. The molecule has 6 nitrogen and oxygen atoms in total. The summed E-state index contributed by atoms with van der Waals surface area (Å²) < 4.78 is 0. The summed E-state index contributed by atoms with van der Waals surface area (Å²) in [6.07, 6.45) is 6.61. The zero-order valence-electron chi connectivity index (χ0n) is 13.4. The van der Waals surface area contributed by atoms with Gasteiger partial charge in [0.15, 0.2) is 0 Å². The van der Waals surface area contributed by atoms with Crippen molar-refractivity contribution >= 4 is 11.8 Å². The van der Waals surface area contributed by atoms with Crippen LogP contribution >= 0.6 is 0 Å². The van der Waals surface area contributed by atoms with Crippen LogP contribution in [0.2, 0.25) is 0 Å². The van der Waals surface area contributed by atoms with Crippen molar-refractivity contribution in [3.8, 4) is 0 Å². The first-order valence-electron chi connectivity index (χ1n) is 8.34. The molecule has 126 valence electrons. The maximum absolute atomic E-state index is 12.7. The topological polar surface area (TPSA) is 82.5 Å². The third-order valence-corrected chi connectivity index (χ3v) is 4.07. The number of likely N-dealkylation sites (tertiary alicyclic amines) is 1. The minimum absolute atomic E-state index is 0.0214. The van der Waals surface area contributed by atoms with Crippen LogP contribution < -0.4 is 5.32 Å². The van der Waals surface area contributed by atoms with Gasteiger partial charge in [-0.25, -0.2) is 0 Å². The Morgan fingerprint density at radius 3 is 2.65 bits per heavy atom. The second kappa shape index (κ2) is 9.25. The van der Waals surface area contributed by atoms with Crippen molar-refractivity contribution in [1.29, 1.82) is 0 Å². The zero-order chi connectivity index (χ0) is 16.5. The fourth-order valence-corrected chi connectivity index (χ4v) is 2.78. The molecule has 0 aromatic carbocycles. The minimum Gasteiger partial charge on any atom is -0.396 e. The van der Waals surface area contributed by atoms with Crippen molar-refractivity contribution in [2.24, 2.45) is 0 Å². The Bertz CT molecular complexity index is 501. The molecule has 2 N–H and O–H groups in total. The van der Waals surface area contributed by atoms with Crippen LogP contribution in [0.4, 0.5) is 0 Å². The van der Waals surface area contributed by atoms with Crippen molar-refractivity contribution in [1.82, 2.24) is 15.2 Å². The number of hydrogen-bond acceptors (Lipinski definition) is 4. The van der Waals surface area contributed by atoms with Gasteiger partial charge < -0.3 is 15.3 Å². The molecule has 23 heavy (non-hydrogen) atoms. The molecule has 1 atom stereocenters. The molecule has 0 radical (unpaired) electrons. The fourth-order valence-electron chi connectivity index (χ4n) is 2.78. The molecular formula is C17H25N3O3. The average molecular weight is 319 g/mol. The van der Waals surface area contributed by atoms with E-state index in [2.05, 4.69) is 10.3 Å². The third kappa shape index (κ3) is 5.32. The smallest absolute Gasteiger partial charge is 0.270 e. The quantitative estimate of drug-likeness (QED) is 0.743. The summed E-state index contributed by atoms with van der Waals surface area (Å²) >= 11 is 0. The van der Waals surface area contributed by atoms with Gasteiger partial charge in [0.1, 0.15) is 11.7 Å². The summed E-state index contributed by atoms with van der Waals surface area (Å²) in [6.45, 7) is 1.61. The van der Waals surface area contributed by atoms with Crippen molar-refractivity contribution in [2.75, 3.05) is 19.7 Å². The maximum atomic E-state index is 12.7. The van der Waals surface area contributed by atoms with Gasteiger partial charge in [-0.15, -0.1) is 0 Å². The van der Waals surface area contributed by atoms with E-state index in [1.165, 1.54) is 0 Å². The van der Waals surface area contributed by atoms with Gasteiger partial charge in [-0.2, -0.15) is 0 Å². The summed E-state index contributed by atoms with van der Waals surface area (Å²) in [5.41, 5.74) is 0.311. The lowest BCUT2D eigenvalue weighted by Gasteiger charge is -2.30.